The van der Waals surface area contributed by atoms with Gasteiger partial charge in [-0.3, -0.25) is 9.59 Å². The fourth-order valence-corrected chi connectivity index (χ4v) is 4.82. The van der Waals surface area contributed by atoms with Crippen LogP contribution in [0.3, 0.4) is 0 Å². The summed E-state index contributed by atoms with van der Waals surface area (Å²) in [5.41, 5.74) is 3.59. The number of nitrogens with zero attached hydrogens (tertiary/aromatic N) is 1. The summed E-state index contributed by atoms with van der Waals surface area (Å²) in [5, 5.41) is 4.63. The van der Waals surface area contributed by atoms with Crippen LogP contribution in [0.15, 0.2) is 83.7 Å². The first-order chi connectivity index (χ1) is 17.8. The van der Waals surface area contributed by atoms with Crippen LogP contribution >= 0.6 is 0 Å². The molecular formula is C31H31N3O3. The number of hydrogen-bond donors (Lipinski definition) is 2. The number of benzene rings is 3. The average Bonchev–Trinajstić information content (AvgIpc) is 3.25. The summed E-state index contributed by atoms with van der Waals surface area (Å²) < 4.78 is 7.16. The summed E-state index contributed by atoms with van der Waals surface area (Å²) in [6.07, 6.45) is 0.613. The average molecular weight is 494 g/mol. The first-order valence-corrected chi connectivity index (χ1v) is 12.4. The molecule has 0 atom stereocenters. The number of H-pyrrole nitrogens is 1. The Morgan fingerprint density at radius 3 is 2.30 bits per heavy atom. The van der Waals surface area contributed by atoms with Crippen molar-refractivity contribution in [3.05, 3.63) is 100 Å². The molecule has 5 rings (SSSR count). The van der Waals surface area contributed by atoms with Gasteiger partial charge in [-0.05, 0) is 56.5 Å². The van der Waals surface area contributed by atoms with E-state index in [0.717, 1.165) is 22.0 Å². The monoisotopic (exact) mass is 493 g/mol. The van der Waals surface area contributed by atoms with Crippen LogP contribution in [0.5, 0.6) is 5.75 Å². The maximum Gasteiger partial charge on any atom is 0.269 e. The second-order valence-corrected chi connectivity index (χ2v) is 10.3. The second kappa shape index (κ2) is 9.62. The van der Waals surface area contributed by atoms with Crippen molar-refractivity contribution >= 4 is 27.7 Å². The number of carbonyl (C=O) groups is 1. The molecule has 0 spiro atoms. The molecule has 0 aliphatic carbocycles. The Morgan fingerprint density at radius 2 is 1.65 bits per heavy atom. The lowest BCUT2D eigenvalue weighted by Crippen LogP contribution is -2.43. The SMILES string of the molecule is COc1ccc2[nH]c3c(-c4ccccc4)c(=O)n(CCc4ccccc4)c(C(=O)NC(C)(C)C)c3c2c1. The van der Waals surface area contributed by atoms with E-state index in [-0.39, 0.29) is 11.5 Å². The van der Waals surface area contributed by atoms with Crippen molar-refractivity contribution in [2.45, 2.75) is 39.3 Å². The third-order valence-corrected chi connectivity index (χ3v) is 6.45. The van der Waals surface area contributed by atoms with Gasteiger partial charge in [-0.15, -0.1) is 0 Å². The van der Waals surface area contributed by atoms with E-state index in [1.54, 1.807) is 11.7 Å². The number of rotatable bonds is 6. The number of pyridine rings is 1. The number of aromatic amines is 1. The van der Waals surface area contributed by atoms with Crippen molar-refractivity contribution in [2.75, 3.05) is 7.11 Å². The van der Waals surface area contributed by atoms with E-state index in [0.29, 0.717) is 40.9 Å². The molecule has 5 aromatic rings. The zero-order valence-corrected chi connectivity index (χ0v) is 21.6. The van der Waals surface area contributed by atoms with Crippen LogP contribution < -0.4 is 15.6 Å². The molecule has 37 heavy (non-hydrogen) atoms. The van der Waals surface area contributed by atoms with Crippen molar-refractivity contribution in [1.82, 2.24) is 14.9 Å². The highest BCUT2D eigenvalue weighted by Gasteiger charge is 2.27. The summed E-state index contributed by atoms with van der Waals surface area (Å²) in [6, 6.07) is 25.3. The Balaban J connectivity index is 1.87. The second-order valence-electron chi connectivity index (χ2n) is 10.3. The normalized spacial score (nSPS) is 11.7. The highest BCUT2D eigenvalue weighted by Crippen LogP contribution is 2.35. The zero-order valence-electron chi connectivity index (χ0n) is 21.6. The van der Waals surface area contributed by atoms with E-state index < -0.39 is 5.54 Å². The minimum atomic E-state index is -0.481. The van der Waals surface area contributed by atoms with Crippen molar-refractivity contribution in [2.24, 2.45) is 0 Å². The highest BCUT2D eigenvalue weighted by molar-refractivity contribution is 6.20. The molecule has 6 heteroatoms. The van der Waals surface area contributed by atoms with E-state index in [4.69, 9.17) is 4.74 Å². The van der Waals surface area contributed by atoms with E-state index >= 15 is 0 Å². The molecule has 0 radical (unpaired) electrons. The molecule has 0 bridgehead atoms. The number of ether oxygens (including phenoxy) is 1. The Morgan fingerprint density at radius 1 is 0.973 bits per heavy atom. The number of amides is 1. The number of carbonyl (C=O) groups excluding carboxylic acids is 1. The molecule has 2 heterocycles. The maximum atomic E-state index is 14.2. The molecule has 0 saturated heterocycles. The molecule has 188 valence electrons. The van der Waals surface area contributed by atoms with Crippen LogP contribution in [-0.2, 0) is 13.0 Å². The fourth-order valence-electron chi connectivity index (χ4n) is 4.82. The van der Waals surface area contributed by atoms with Gasteiger partial charge in [0.1, 0.15) is 11.4 Å². The summed E-state index contributed by atoms with van der Waals surface area (Å²) in [7, 11) is 1.62. The quantitative estimate of drug-likeness (QED) is 0.308. The lowest BCUT2D eigenvalue weighted by atomic mass is 10.0. The number of hydrogen-bond acceptors (Lipinski definition) is 3. The molecule has 3 aromatic carbocycles. The van der Waals surface area contributed by atoms with Crippen LogP contribution in [0.2, 0.25) is 0 Å². The zero-order chi connectivity index (χ0) is 26.2. The van der Waals surface area contributed by atoms with Gasteiger partial charge in [0.25, 0.3) is 11.5 Å². The van der Waals surface area contributed by atoms with Gasteiger partial charge in [-0.2, -0.15) is 0 Å². The van der Waals surface area contributed by atoms with Gasteiger partial charge in [0.15, 0.2) is 0 Å². The summed E-state index contributed by atoms with van der Waals surface area (Å²) >= 11 is 0. The van der Waals surface area contributed by atoms with E-state index in [2.05, 4.69) is 10.3 Å². The van der Waals surface area contributed by atoms with Crippen LogP contribution in [0.1, 0.15) is 36.8 Å². The Bertz CT molecular complexity index is 1640. The third kappa shape index (κ3) is 4.75. The molecular weight excluding hydrogens is 462 g/mol. The van der Waals surface area contributed by atoms with E-state index in [9.17, 15) is 9.59 Å². The minimum absolute atomic E-state index is 0.202. The fraction of sp³-hybridized carbons (Fsp3) is 0.226. The number of fused-ring (bicyclic) bond motifs is 3. The largest absolute Gasteiger partial charge is 0.497 e. The molecule has 2 aromatic heterocycles. The first kappa shape index (κ1) is 24.4. The van der Waals surface area contributed by atoms with Gasteiger partial charge in [-0.25, -0.2) is 0 Å². The van der Waals surface area contributed by atoms with E-state index in [1.807, 2.05) is 99.6 Å². The van der Waals surface area contributed by atoms with Gasteiger partial charge in [0, 0.05) is 28.4 Å². The number of nitrogens with one attached hydrogen (secondary N) is 2. The number of aryl methyl sites for hydroxylation is 1. The molecule has 0 saturated carbocycles. The van der Waals surface area contributed by atoms with Crippen LogP contribution in [0.25, 0.3) is 32.9 Å². The molecule has 0 unspecified atom stereocenters. The molecule has 6 nitrogen and oxygen atoms in total. The number of aromatic nitrogens is 2. The summed E-state index contributed by atoms with van der Waals surface area (Å²) in [5.74, 6) is 0.393. The Kier molecular flexibility index (Phi) is 6.34. The van der Waals surface area contributed by atoms with Gasteiger partial charge in [0.05, 0.1) is 18.2 Å². The lowest BCUT2D eigenvalue weighted by molar-refractivity contribution is 0.0910. The topological polar surface area (TPSA) is 76.1 Å². The van der Waals surface area contributed by atoms with Crippen LogP contribution in [0.4, 0.5) is 0 Å². The van der Waals surface area contributed by atoms with Gasteiger partial charge in [0.2, 0.25) is 0 Å². The first-order valence-electron chi connectivity index (χ1n) is 12.4. The smallest absolute Gasteiger partial charge is 0.269 e. The molecule has 0 fully saturated rings. The minimum Gasteiger partial charge on any atom is -0.497 e. The third-order valence-electron chi connectivity index (χ3n) is 6.45. The van der Waals surface area contributed by atoms with Crippen molar-refractivity contribution in [3.63, 3.8) is 0 Å². The van der Waals surface area contributed by atoms with Crippen LogP contribution in [-0.4, -0.2) is 28.1 Å². The standard InChI is InChI=1S/C31H31N3O3/c1-31(2,3)33-29(35)28-26-23-19-22(37-4)15-16-24(23)32-27(26)25(21-13-9-6-10-14-21)30(36)34(28)18-17-20-11-7-5-8-12-20/h5-16,19,32H,17-18H2,1-4H3,(H,33,35). The molecule has 1 amide bonds. The Hall–Kier alpha value is -4.32. The van der Waals surface area contributed by atoms with E-state index in [1.165, 1.54) is 0 Å². The summed E-state index contributed by atoms with van der Waals surface area (Å²) in [6.45, 7) is 6.17. The molecule has 2 N–H and O–H groups in total. The lowest BCUT2D eigenvalue weighted by Gasteiger charge is -2.23. The number of methoxy groups -OCH3 is 1. The molecule has 0 aliphatic heterocycles. The predicted molar refractivity (Wildman–Crippen MR) is 149 cm³/mol. The highest BCUT2D eigenvalue weighted by atomic mass is 16.5. The van der Waals surface area contributed by atoms with Crippen molar-refractivity contribution < 1.29 is 9.53 Å². The summed E-state index contributed by atoms with van der Waals surface area (Å²) in [4.78, 5) is 31.6. The van der Waals surface area contributed by atoms with Gasteiger partial charge in [-0.1, -0.05) is 60.7 Å². The van der Waals surface area contributed by atoms with Gasteiger partial charge < -0.3 is 19.6 Å². The molecule has 0 aliphatic rings. The Labute approximate surface area is 215 Å². The maximum absolute atomic E-state index is 14.2. The van der Waals surface area contributed by atoms with Crippen LogP contribution in [0, 0.1) is 0 Å². The van der Waals surface area contributed by atoms with Gasteiger partial charge >= 0.3 is 0 Å². The predicted octanol–water partition coefficient (Wildman–Crippen LogP) is 5.93. The van der Waals surface area contributed by atoms with Crippen molar-refractivity contribution in [3.8, 4) is 16.9 Å². The van der Waals surface area contributed by atoms with Crippen molar-refractivity contribution in [1.29, 1.82) is 0 Å².